The SMILES string of the molecule is COCCNC(=O)c1cccc(NC(=S)NC(=O)Cc2cccc3ccccc23)c1. The molecule has 0 fully saturated rings. The number of hydrogen-bond donors (Lipinski definition) is 3. The topological polar surface area (TPSA) is 79.5 Å². The van der Waals surface area contributed by atoms with Crippen LogP contribution in [0.2, 0.25) is 0 Å². The summed E-state index contributed by atoms with van der Waals surface area (Å²) in [5, 5.41) is 10.7. The molecule has 3 aromatic carbocycles. The molecule has 0 atom stereocenters. The maximum absolute atomic E-state index is 12.5. The monoisotopic (exact) mass is 421 g/mol. The van der Waals surface area contributed by atoms with Crippen LogP contribution in [-0.2, 0) is 16.0 Å². The van der Waals surface area contributed by atoms with Crippen molar-refractivity contribution in [2.45, 2.75) is 6.42 Å². The smallest absolute Gasteiger partial charge is 0.251 e. The maximum Gasteiger partial charge on any atom is 0.251 e. The van der Waals surface area contributed by atoms with Gasteiger partial charge < -0.3 is 20.7 Å². The zero-order valence-electron chi connectivity index (χ0n) is 16.6. The van der Waals surface area contributed by atoms with E-state index in [2.05, 4.69) is 16.0 Å². The van der Waals surface area contributed by atoms with Gasteiger partial charge in [0.05, 0.1) is 13.0 Å². The van der Waals surface area contributed by atoms with Crippen LogP contribution in [0.25, 0.3) is 10.8 Å². The summed E-state index contributed by atoms with van der Waals surface area (Å²) >= 11 is 5.26. The molecule has 0 saturated heterocycles. The second kappa shape index (κ2) is 10.5. The molecule has 7 heteroatoms. The summed E-state index contributed by atoms with van der Waals surface area (Å²) in [5.74, 6) is -0.418. The number of carbonyl (C=O) groups is 2. The second-order valence-electron chi connectivity index (χ2n) is 6.65. The van der Waals surface area contributed by atoms with Crippen molar-refractivity contribution >= 4 is 45.6 Å². The van der Waals surface area contributed by atoms with Crippen LogP contribution in [0.1, 0.15) is 15.9 Å². The fourth-order valence-electron chi connectivity index (χ4n) is 3.06. The first-order valence-corrected chi connectivity index (χ1v) is 9.92. The predicted octanol–water partition coefficient (Wildman–Crippen LogP) is 3.27. The molecule has 3 rings (SSSR count). The minimum Gasteiger partial charge on any atom is -0.383 e. The van der Waals surface area contributed by atoms with E-state index in [0.717, 1.165) is 16.3 Å². The molecule has 0 aliphatic rings. The van der Waals surface area contributed by atoms with Gasteiger partial charge in [0.15, 0.2) is 5.11 Å². The number of anilines is 1. The summed E-state index contributed by atoms with van der Waals surface area (Å²) in [5.41, 5.74) is 2.04. The lowest BCUT2D eigenvalue weighted by atomic mass is 10.0. The van der Waals surface area contributed by atoms with Crippen LogP contribution in [0, 0.1) is 0 Å². The Morgan fingerprint density at radius 2 is 1.77 bits per heavy atom. The largest absolute Gasteiger partial charge is 0.383 e. The van der Waals surface area contributed by atoms with Gasteiger partial charge in [0.25, 0.3) is 5.91 Å². The van der Waals surface area contributed by atoms with E-state index in [0.29, 0.717) is 24.4 Å². The fraction of sp³-hybridized carbons (Fsp3) is 0.174. The third-order valence-corrected chi connectivity index (χ3v) is 4.66. The van der Waals surface area contributed by atoms with E-state index in [1.165, 1.54) is 0 Å². The van der Waals surface area contributed by atoms with Crippen LogP contribution in [0.5, 0.6) is 0 Å². The Labute approximate surface area is 180 Å². The second-order valence-corrected chi connectivity index (χ2v) is 7.06. The van der Waals surface area contributed by atoms with E-state index in [9.17, 15) is 9.59 Å². The van der Waals surface area contributed by atoms with E-state index < -0.39 is 0 Å². The van der Waals surface area contributed by atoms with Gasteiger partial charge in [-0.3, -0.25) is 9.59 Å². The van der Waals surface area contributed by atoms with E-state index in [1.54, 1.807) is 31.4 Å². The lowest BCUT2D eigenvalue weighted by molar-refractivity contribution is -0.119. The third kappa shape index (κ3) is 5.85. The summed E-state index contributed by atoms with van der Waals surface area (Å²) < 4.78 is 4.92. The van der Waals surface area contributed by atoms with Crippen molar-refractivity contribution in [3.8, 4) is 0 Å². The van der Waals surface area contributed by atoms with Crippen molar-refractivity contribution in [2.24, 2.45) is 0 Å². The van der Waals surface area contributed by atoms with Crippen LogP contribution in [0.15, 0.2) is 66.7 Å². The highest BCUT2D eigenvalue weighted by Crippen LogP contribution is 2.19. The van der Waals surface area contributed by atoms with Crippen molar-refractivity contribution in [3.63, 3.8) is 0 Å². The Balaban J connectivity index is 1.58. The predicted molar refractivity (Wildman–Crippen MR) is 123 cm³/mol. The van der Waals surface area contributed by atoms with Crippen LogP contribution in [0.3, 0.4) is 0 Å². The van der Waals surface area contributed by atoms with Crippen LogP contribution in [0.4, 0.5) is 5.69 Å². The number of amides is 2. The number of nitrogens with one attached hydrogen (secondary N) is 3. The Morgan fingerprint density at radius 1 is 1.00 bits per heavy atom. The molecule has 0 aromatic heterocycles. The van der Waals surface area contributed by atoms with E-state index in [-0.39, 0.29) is 23.3 Å². The molecule has 0 heterocycles. The number of hydrogen-bond acceptors (Lipinski definition) is 4. The van der Waals surface area contributed by atoms with Crippen molar-refractivity contribution < 1.29 is 14.3 Å². The summed E-state index contributed by atoms with van der Waals surface area (Å²) in [4.78, 5) is 24.6. The molecule has 30 heavy (non-hydrogen) atoms. The van der Waals surface area contributed by atoms with Crippen molar-refractivity contribution in [1.82, 2.24) is 10.6 Å². The number of fused-ring (bicyclic) bond motifs is 1. The molecular formula is C23H23N3O3S. The van der Waals surface area contributed by atoms with Gasteiger partial charge in [-0.15, -0.1) is 0 Å². The minimum atomic E-state index is -0.211. The lowest BCUT2D eigenvalue weighted by Gasteiger charge is -2.12. The summed E-state index contributed by atoms with van der Waals surface area (Å²) in [6.45, 7) is 0.867. The summed E-state index contributed by atoms with van der Waals surface area (Å²) in [7, 11) is 1.58. The third-order valence-electron chi connectivity index (χ3n) is 4.46. The molecule has 154 valence electrons. The average Bonchev–Trinajstić information content (AvgIpc) is 2.74. The van der Waals surface area contributed by atoms with Gasteiger partial charge >= 0.3 is 0 Å². The highest BCUT2D eigenvalue weighted by molar-refractivity contribution is 7.80. The number of methoxy groups -OCH3 is 1. The standard InChI is InChI=1S/C23H23N3O3S/c1-29-13-12-24-22(28)18-9-5-10-19(14-18)25-23(30)26-21(27)15-17-8-4-7-16-6-2-3-11-20(16)17/h2-11,14H,12-13,15H2,1H3,(H,24,28)(H2,25,26,27,30). The first-order valence-electron chi connectivity index (χ1n) is 9.51. The Kier molecular flexibility index (Phi) is 7.48. The zero-order valence-corrected chi connectivity index (χ0v) is 17.4. The number of benzene rings is 3. The molecule has 0 bridgehead atoms. The van der Waals surface area contributed by atoms with Crippen molar-refractivity contribution in [2.75, 3.05) is 25.6 Å². The molecule has 3 aromatic rings. The number of ether oxygens (including phenoxy) is 1. The normalized spacial score (nSPS) is 10.4. The molecular weight excluding hydrogens is 398 g/mol. The zero-order chi connectivity index (χ0) is 21.3. The van der Waals surface area contributed by atoms with Gasteiger partial charge in [-0.2, -0.15) is 0 Å². The van der Waals surface area contributed by atoms with E-state index in [1.807, 2.05) is 42.5 Å². The number of rotatable bonds is 7. The molecule has 0 aliphatic carbocycles. The lowest BCUT2D eigenvalue weighted by Crippen LogP contribution is -2.35. The molecule has 0 unspecified atom stereocenters. The highest BCUT2D eigenvalue weighted by atomic mass is 32.1. The first-order chi connectivity index (χ1) is 14.6. The molecule has 0 radical (unpaired) electrons. The molecule has 0 aliphatic heterocycles. The summed E-state index contributed by atoms with van der Waals surface area (Å²) in [6.07, 6.45) is 0.213. The average molecular weight is 422 g/mol. The first kappa shape index (κ1) is 21.4. The number of thiocarbonyl (C=S) groups is 1. The Hall–Kier alpha value is -3.29. The molecule has 0 spiro atoms. The Bertz CT molecular complexity index is 1060. The molecule has 6 nitrogen and oxygen atoms in total. The van der Waals surface area contributed by atoms with E-state index >= 15 is 0 Å². The fourth-order valence-corrected chi connectivity index (χ4v) is 3.29. The van der Waals surface area contributed by atoms with Gasteiger partial charge in [0.2, 0.25) is 5.91 Å². The van der Waals surface area contributed by atoms with Crippen LogP contribution < -0.4 is 16.0 Å². The van der Waals surface area contributed by atoms with Gasteiger partial charge in [-0.05, 0) is 46.8 Å². The van der Waals surface area contributed by atoms with Crippen molar-refractivity contribution in [1.29, 1.82) is 0 Å². The van der Waals surface area contributed by atoms with Crippen molar-refractivity contribution in [3.05, 3.63) is 77.9 Å². The van der Waals surface area contributed by atoms with Crippen LogP contribution >= 0.6 is 12.2 Å². The highest BCUT2D eigenvalue weighted by Gasteiger charge is 2.10. The van der Waals surface area contributed by atoms with E-state index in [4.69, 9.17) is 17.0 Å². The van der Waals surface area contributed by atoms with Crippen LogP contribution in [-0.4, -0.2) is 37.2 Å². The minimum absolute atomic E-state index is 0.178. The van der Waals surface area contributed by atoms with Gasteiger partial charge in [0, 0.05) is 24.9 Å². The molecule has 0 saturated carbocycles. The van der Waals surface area contributed by atoms with Gasteiger partial charge in [0.1, 0.15) is 0 Å². The van der Waals surface area contributed by atoms with Gasteiger partial charge in [-0.25, -0.2) is 0 Å². The molecule has 3 N–H and O–H groups in total. The Morgan fingerprint density at radius 3 is 2.60 bits per heavy atom. The quantitative estimate of drug-likeness (QED) is 0.403. The van der Waals surface area contributed by atoms with Gasteiger partial charge in [-0.1, -0.05) is 48.5 Å². The number of carbonyl (C=O) groups excluding carboxylic acids is 2. The summed E-state index contributed by atoms with van der Waals surface area (Å²) in [6, 6.07) is 20.7. The molecule has 2 amide bonds. The maximum atomic E-state index is 12.5.